The van der Waals surface area contributed by atoms with E-state index in [9.17, 15) is 0 Å². The second-order valence-electron chi connectivity index (χ2n) is 4.20. The quantitative estimate of drug-likeness (QED) is 0.789. The van der Waals surface area contributed by atoms with E-state index in [4.69, 9.17) is 5.73 Å². The highest BCUT2D eigenvalue weighted by atomic mass is 79.9. The van der Waals surface area contributed by atoms with Crippen molar-refractivity contribution in [1.82, 2.24) is 9.97 Å². The summed E-state index contributed by atoms with van der Waals surface area (Å²) in [4.78, 5) is 8.35. The summed E-state index contributed by atoms with van der Waals surface area (Å²) in [5.41, 5.74) is 6.54. The van der Waals surface area contributed by atoms with Crippen molar-refractivity contribution in [2.24, 2.45) is 5.73 Å². The summed E-state index contributed by atoms with van der Waals surface area (Å²) in [5, 5.41) is 6.43. The zero-order chi connectivity index (χ0) is 13.7. The van der Waals surface area contributed by atoms with E-state index in [2.05, 4.69) is 36.5 Å². The molecule has 0 aliphatic carbocycles. The van der Waals surface area contributed by atoms with E-state index >= 15 is 0 Å². The molecular formula is C13H16BrN5. The van der Waals surface area contributed by atoms with Gasteiger partial charge >= 0.3 is 0 Å². The van der Waals surface area contributed by atoms with E-state index in [1.54, 1.807) is 0 Å². The third-order valence-electron chi connectivity index (χ3n) is 2.51. The average molecular weight is 322 g/mol. The van der Waals surface area contributed by atoms with Gasteiger partial charge in [-0.2, -0.15) is 0 Å². The number of aromatic nitrogens is 2. The summed E-state index contributed by atoms with van der Waals surface area (Å²) < 4.78 is 1.02. The molecule has 1 atom stereocenters. The van der Waals surface area contributed by atoms with Gasteiger partial charge in [-0.15, -0.1) is 0 Å². The summed E-state index contributed by atoms with van der Waals surface area (Å²) in [6, 6.07) is 9.92. The minimum atomic E-state index is 0.175. The van der Waals surface area contributed by atoms with Gasteiger partial charge in [0, 0.05) is 28.8 Å². The van der Waals surface area contributed by atoms with Crippen LogP contribution in [-0.2, 0) is 0 Å². The van der Waals surface area contributed by atoms with Gasteiger partial charge in [-0.05, 0) is 25.1 Å². The van der Waals surface area contributed by atoms with Crippen LogP contribution in [0, 0.1) is 0 Å². The van der Waals surface area contributed by atoms with Gasteiger partial charge in [-0.3, -0.25) is 0 Å². The van der Waals surface area contributed by atoms with Gasteiger partial charge in [-0.1, -0.05) is 22.0 Å². The van der Waals surface area contributed by atoms with Crippen molar-refractivity contribution < 1.29 is 0 Å². The molecule has 0 aliphatic rings. The molecule has 0 fully saturated rings. The molecule has 1 unspecified atom stereocenters. The second-order valence-corrected chi connectivity index (χ2v) is 5.12. The number of anilines is 3. The number of nitrogens with one attached hydrogen (secondary N) is 2. The molecule has 0 spiro atoms. The van der Waals surface area contributed by atoms with Crippen molar-refractivity contribution >= 4 is 33.3 Å². The van der Waals surface area contributed by atoms with Crippen LogP contribution < -0.4 is 16.4 Å². The van der Waals surface area contributed by atoms with Crippen molar-refractivity contribution in [3.05, 3.63) is 41.1 Å². The van der Waals surface area contributed by atoms with Crippen LogP contribution in [0.25, 0.3) is 0 Å². The van der Waals surface area contributed by atoms with Gasteiger partial charge in [0.15, 0.2) is 0 Å². The number of benzene rings is 1. The first-order valence-corrected chi connectivity index (χ1v) is 6.78. The third-order valence-corrected chi connectivity index (χ3v) is 3.01. The number of nitrogens with zero attached hydrogens (tertiary/aromatic N) is 2. The molecule has 5 nitrogen and oxygen atoms in total. The fourth-order valence-corrected chi connectivity index (χ4v) is 1.93. The molecule has 4 N–H and O–H groups in total. The monoisotopic (exact) mass is 321 g/mol. The van der Waals surface area contributed by atoms with Crippen LogP contribution in [0.4, 0.5) is 17.3 Å². The van der Waals surface area contributed by atoms with E-state index in [1.807, 2.05) is 37.3 Å². The normalized spacial score (nSPS) is 11.9. The first kappa shape index (κ1) is 13.8. The Morgan fingerprint density at radius 1 is 1.26 bits per heavy atom. The minimum absolute atomic E-state index is 0.175. The summed E-state index contributed by atoms with van der Waals surface area (Å²) in [5.74, 6) is 1.49. The Hall–Kier alpha value is -1.66. The number of nitrogens with two attached hydrogens (primary N) is 1. The molecule has 19 heavy (non-hydrogen) atoms. The van der Waals surface area contributed by atoms with Gasteiger partial charge in [0.2, 0.25) is 0 Å². The Balaban J connectivity index is 2.10. The highest BCUT2D eigenvalue weighted by molar-refractivity contribution is 9.10. The van der Waals surface area contributed by atoms with E-state index < -0.39 is 0 Å². The van der Waals surface area contributed by atoms with E-state index in [0.717, 1.165) is 21.8 Å². The third kappa shape index (κ3) is 4.18. The van der Waals surface area contributed by atoms with E-state index in [-0.39, 0.29) is 6.04 Å². The predicted molar refractivity (Wildman–Crippen MR) is 81.6 cm³/mol. The van der Waals surface area contributed by atoms with Crippen LogP contribution in [0.15, 0.2) is 41.1 Å². The molecule has 100 valence electrons. The van der Waals surface area contributed by atoms with E-state index in [0.29, 0.717) is 6.54 Å². The highest BCUT2D eigenvalue weighted by Gasteiger charge is 2.03. The first-order valence-electron chi connectivity index (χ1n) is 5.98. The summed E-state index contributed by atoms with van der Waals surface area (Å²) in [6.45, 7) is 2.56. The predicted octanol–water partition coefficient (Wildman–Crippen LogP) is 2.74. The molecule has 0 saturated carbocycles. The maximum Gasteiger partial charge on any atom is 0.135 e. The summed E-state index contributed by atoms with van der Waals surface area (Å²) >= 11 is 3.43. The van der Waals surface area contributed by atoms with Crippen molar-refractivity contribution in [2.75, 3.05) is 17.2 Å². The maximum absolute atomic E-state index is 5.57. The zero-order valence-corrected chi connectivity index (χ0v) is 12.2. The fraction of sp³-hybridized carbons (Fsp3) is 0.231. The molecule has 1 aromatic heterocycles. The number of halogens is 1. The van der Waals surface area contributed by atoms with Crippen molar-refractivity contribution in [3.63, 3.8) is 0 Å². The standard InChI is InChI=1S/C13H16BrN5/c1-9(7-15)18-12-6-13(17-8-16-12)19-11-4-2-3-10(14)5-11/h2-6,8-9H,7,15H2,1H3,(H2,16,17,18,19). The molecule has 0 amide bonds. The Morgan fingerprint density at radius 3 is 2.79 bits per heavy atom. The van der Waals surface area contributed by atoms with Crippen LogP contribution >= 0.6 is 15.9 Å². The van der Waals surface area contributed by atoms with Crippen LogP contribution in [0.5, 0.6) is 0 Å². The number of hydrogen-bond acceptors (Lipinski definition) is 5. The fourth-order valence-electron chi connectivity index (χ4n) is 1.53. The first-order chi connectivity index (χ1) is 9.17. The van der Waals surface area contributed by atoms with Gasteiger partial charge < -0.3 is 16.4 Å². The van der Waals surface area contributed by atoms with Crippen molar-refractivity contribution in [2.45, 2.75) is 13.0 Å². The second kappa shape index (κ2) is 6.49. The Kier molecular flexibility index (Phi) is 4.70. The van der Waals surface area contributed by atoms with Gasteiger partial charge in [0.1, 0.15) is 18.0 Å². The molecule has 6 heteroatoms. The lowest BCUT2D eigenvalue weighted by Crippen LogP contribution is -2.25. The van der Waals surface area contributed by atoms with E-state index in [1.165, 1.54) is 6.33 Å². The van der Waals surface area contributed by atoms with Gasteiger partial charge in [-0.25, -0.2) is 9.97 Å². The van der Waals surface area contributed by atoms with Crippen LogP contribution in [-0.4, -0.2) is 22.6 Å². The van der Waals surface area contributed by atoms with Crippen molar-refractivity contribution in [1.29, 1.82) is 0 Å². The molecule has 0 aliphatic heterocycles. The van der Waals surface area contributed by atoms with Crippen LogP contribution in [0.1, 0.15) is 6.92 Å². The van der Waals surface area contributed by atoms with Crippen molar-refractivity contribution in [3.8, 4) is 0 Å². The minimum Gasteiger partial charge on any atom is -0.366 e. The van der Waals surface area contributed by atoms with Crippen LogP contribution in [0.3, 0.4) is 0 Å². The molecule has 0 radical (unpaired) electrons. The smallest absolute Gasteiger partial charge is 0.135 e. The highest BCUT2D eigenvalue weighted by Crippen LogP contribution is 2.20. The summed E-state index contributed by atoms with van der Waals surface area (Å²) in [7, 11) is 0. The molecular weight excluding hydrogens is 306 g/mol. The topological polar surface area (TPSA) is 75.9 Å². The molecule has 0 saturated heterocycles. The van der Waals surface area contributed by atoms with Gasteiger partial charge in [0.05, 0.1) is 0 Å². The lowest BCUT2D eigenvalue weighted by Gasteiger charge is -2.12. The lowest BCUT2D eigenvalue weighted by atomic mass is 10.3. The molecule has 2 rings (SSSR count). The molecule has 2 aromatic rings. The number of rotatable bonds is 5. The van der Waals surface area contributed by atoms with Crippen LogP contribution in [0.2, 0.25) is 0 Å². The Bertz CT molecular complexity index is 546. The lowest BCUT2D eigenvalue weighted by molar-refractivity contribution is 0.797. The maximum atomic E-state index is 5.57. The molecule has 1 aromatic carbocycles. The number of hydrogen-bond donors (Lipinski definition) is 3. The summed E-state index contributed by atoms with van der Waals surface area (Å²) in [6.07, 6.45) is 1.52. The zero-order valence-electron chi connectivity index (χ0n) is 10.6. The largest absolute Gasteiger partial charge is 0.366 e. The van der Waals surface area contributed by atoms with Gasteiger partial charge in [0.25, 0.3) is 0 Å². The Labute approximate surface area is 120 Å². The Morgan fingerprint density at radius 2 is 2.05 bits per heavy atom. The molecule has 0 bridgehead atoms. The average Bonchev–Trinajstić information content (AvgIpc) is 2.39. The molecule has 1 heterocycles. The SMILES string of the molecule is CC(CN)Nc1cc(Nc2cccc(Br)c2)ncn1.